The summed E-state index contributed by atoms with van der Waals surface area (Å²) in [5, 5.41) is 11.5. The lowest BCUT2D eigenvalue weighted by molar-refractivity contribution is -0.137. The number of carbonyl (C=O) groups excluding carboxylic acids is 1. The van der Waals surface area contributed by atoms with Crippen LogP contribution >= 0.6 is 0 Å². The van der Waals surface area contributed by atoms with Crippen LogP contribution in [0, 0.1) is 19.7 Å². The molecule has 1 aliphatic rings. The third-order valence-electron chi connectivity index (χ3n) is 3.49. The van der Waals surface area contributed by atoms with Crippen LogP contribution in [0.3, 0.4) is 0 Å². The summed E-state index contributed by atoms with van der Waals surface area (Å²) in [7, 11) is 0. The molecule has 0 heterocycles. The lowest BCUT2D eigenvalue weighted by Gasteiger charge is -2.21. The monoisotopic (exact) mass is 294 g/mol. The Bertz CT molecular complexity index is 547. The van der Waals surface area contributed by atoms with Crippen LogP contribution in [0.2, 0.25) is 0 Å². The van der Waals surface area contributed by atoms with Crippen molar-refractivity contribution in [2.45, 2.75) is 39.3 Å². The number of carboxylic acids is 1. The second-order valence-electron chi connectivity index (χ2n) is 5.46. The first kappa shape index (κ1) is 15.3. The van der Waals surface area contributed by atoms with Crippen LogP contribution in [0.15, 0.2) is 12.1 Å². The molecule has 0 radical (unpaired) electrons. The summed E-state index contributed by atoms with van der Waals surface area (Å²) in [6, 6.07) is 3.00. The van der Waals surface area contributed by atoms with Crippen LogP contribution < -0.4 is 5.32 Å². The fourth-order valence-corrected chi connectivity index (χ4v) is 2.32. The standard InChI is InChI=1S/C15H19FN2O3/c1-9-5-11(6-10(2)14(9)16)7-17-15(21)18(8-13(19)20)12-3-4-12/h5-6,12H,3-4,7-8H2,1-2H3,(H,17,21)(H,19,20). The van der Waals surface area contributed by atoms with E-state index >= 15 is 0 Å². The number of nitrogens with one attached hydrogen (secondary N) is 1. The molecule has 2 amide bonds. The molecule has 0 saturated heterocycles. The Balaban J connectivity index is 1.98. The highest BCUT2D eigenvalue weighted by molar-refractivity contribution is 5.80. The van der Waals surface area contributed by atoms with Gasteiger partial charge in [0.15, 0.2) is 0 Å². The molecular weight excluding hydrogens is 275 g/mol. The number of halogens is 1. The van der Waals surface area contributed by atoms with Crippen LogP contribution in [0.25, 0.3) is 0 Å². The third-order valence-corrected chi connectivity index (χ3v) is 3.49. The third kappa shape index (κ3) is 3.93. The van der Waals surface area contributed by atoms with Crippen molar-refractivity contribution in [1.29, 1.82) is 0 Å². The van der Waals surface area contributed by atoms with E-state index < -0.39 is 5.97 Å². The normalized spacial score (nSPS) is 13.9. The van der Waals surface area contributed by atoms with Crippen molar-refractivity contribution >= 4 is 12.0 Å². The van der Waals surface area contributed by atoms with Gasteiger partial charge >= 0.3 is 12.0 Å². The van der Waals surface area contributed by atoms with Gasteiger partial charge in [0, 0.05) is 12.6 Å². The molecule has 0 aromatic heterocycles. The molecule has 0 spiro atoms. The fraction of sp³-hybridized carbons (Fsp3) is 0.467. The predicted octanol–water partition coefficient (Wildman–Crippen LogP) is 2.20. The molecule has 1 aliphatic carbocycles. The number of amides is 2. The molecule has 1 aromatic rings. The van der Waals surface area contributed by atoms with Gasteiger partial charge < -0.3 is 15.3 Å². The van der Waals surface area contributed by atoms with E-state index in [-0.39, 0.29) is 31.0 Å². The van der Waals surface area contributed by atoms with Gasteiger partial charge in [0.2, 0.25) is 0 Å². The Morgan fingerprint density at radius 1 is 1.33 bits per heavy atom. The minimum Gasteiger partial charge on any atom is -0.480 e. The zero-order chi connectivity index (χ0) is 15.6. The van der Waals surface area contributed by atoms with E-state index in [1.54, 1.807) is 26.0 Å². The largest absolute Gasteiger partial charge is 0.480 e. The molecule has 2 N–H and O–H groups in total. The first-order chi connectivity index (χ1) is 9.88. The molecule has 6 heteroatoms. The molecule has 114 valence electrons. The van der Waals surface area contributed by atoms with Crippen molar-refractivity contribution in [3.05, 3.63) is 34.6 Å². The second kappa shape index (κ2) is 6.11. The minimum atomic E-state index is -1.02. The van der Waals surface area contributed by atoms with Gasteiger partial charge in [-0.1, -0.05) is 12.1 Å². The van der Waals surface area contributed by atoms with E-state index in [9.17, 15) is 14.0 Å². The molecular formula is C15H19FN2O3. The average molecular weight is 294 g/mol. The van der Waals surface area contributed by atoms with Crippen LogP contribution in [0.4, 0.5) is 9.18 Å². The number of hydrogen-bond acceptors (Lipinski definition) is 2. The van der Waals surface area contributed by atoms with E-state index in [0.29, 0.717) is 11.1 Å². The Kier molecular flexibility index (Phi) is 4.45. The SMILES string of the molecule is Cc1cc(CNC(=O)N(CC(=O)O)C2CC2)cc(C)c1F. The van der Waals surface area contributed by atoms with Crippen molar-refractivity contribution in [2.75, 3.05) is 6.54 Å². The highest BCUT2D eigenvalue weighted by atomic mass is 19.1. The molecule has 0 unspecified atom stereocenters. The number of rotatable bonds is 5. The van der Waals surface area contributed by atoms with Crippen molar-refractivity contribution in [1.82, 2.24) is 10.2 Å². The molecule has 0 atom stereocenters. The number of aryl methyl sites for hydroxylation is 2. The average Bonchev–Trinajstić information content (AvgIpc) is 3.23. The van der Waals surface area contributed by atoms with Crippen molar-refractivity contribution in [2.24, 2.45) is 0 Å². The van der Waals surface area contributed by atoms with Gasteiger partial charge in [0.05, 0.1) is 0 Å². The highest BCUT2D eigenvalue weighted by Gasteiger charge is 2.33. The van der Waals surface area contributed by atoms with Crippen LogP contribution in [0.5, 0.6) is 0 Å². The van der Waals surface area contributed by atoms with Crippen molar-refractivity contribution in [3.63, 3.8) is 0 Å². The lowest BCUT2D eigenvalue weighted by Crippen LogP contribution is -2.43. The van der Waals surface area contributed by atoms with Gasteiger partial charge in [-0.25, -0.2) is 9.18 Å². The molecule has 1 aromatic carbocycles. The van der Waals surface area contributed by atoms with Gasteiger partial charge in [0.1, 0.15) is 12.4 Å². The lowest BCUT2D eigenvalue weighted by atomic mass is 10.1. The number of aliphatic carboxylic acids is 1. The molecule has 1 fully saturated rings. The van der Waals surface area contributed by atoms with Gasteiger partial charge in [-0.15, -0.1) is 0 Å². The number of benzene rings is 1. The molecule has 2 rings (SSSR count). The van der Waals surface area contributed by atoms with Gasteiger partial charge in [-0.2, -0.15) is 0 Å². The van der Waals surface area contributed by atoms with Gasteiger partial charge in [-0.05, 0) is 43.4 Å². The maximum absolute atomic E-state index is 13.5. The summed E-state index contributed by atoms with van der Waals surface area (Å²) in [5.41, 5.74) is 1.86. The second-order valence-corrected chi connectivity index (χ2v) is 5.46. The quantitative estimate of drug-likeness (QED) is 0.874. The maximum Gasteiger partial charge on any atom is 0.323 e. The number of nitrogens with zero attached hydrogens (tertiary/aromatic N) is 1. The minimum absolute atomic E-state index is 0.0257. The number of carboxylic acid groups (broad SMARTS) is 1. The molecule has 21 heavy (non-hydrogen) atoms. The van der Waals surface area contributed by atoms with E-state index in [4.69, 9.17) is 5.11 Å². The Hall–Kier alpha value is -2.11. The summed E-state index contributed by atoms with van der Waals surface area (Å²) in [4.78, 5) is 24.2. The summed E-state index contributed by atoms with van der Waals surface area (Å²) < 4.78 is 13.5. The Morgan fingerprint density at radius 2 is 1.90 bits per heavy atom. The zero-order valence-corrected chi connectivity index (χ0v) is 12.1. The Labute approximate surface area is 122 Å². The fourth-order valence-electron chi connectivity index (χ4n) is 2.32. The van der Waals surface area contributed by atoms with Crippen LogP contribution in [-0.4, -0.2) is 34.6 Å². The number of hydrogen-bond donors (Lipinski definition) is 2. The Morgan fingerprint density at radius 3 is 2.38 bits per heavy atom. The number of carbonyl (C=O) groups is 2. The molecule has 1 saturated carbocycles. The van der Waals surface area contributed by atoms with Crippen molar-refractivity contribution in [3.8, 4) is 0 Å². The van der Waals surface area contributed by atoms with E-state index in [2.05, 4.69) is 5.32 Å². The zero-order valence-electron chi connectivity index (χ0n) is 12.1. The van der Waals surface area contributed by atoms with Crippen LogP contribution in [0.1, 0.15) is 29.5 Å². The molecule has 5 nitrogen and oxygen atoms in total. The highest BCUT2D eigenvalue weighted by Crippen LogP contribution is 2.26. The van der Waals surface area contributed by atoms with Gasteiger partial charge in [-0.3, -0.25) is 4.79 Å². The first-order valence-corrected chi connectivity index (χ1v) is 6.90. The summed E-state index contributed by atoms with van der Waals surface area (Å²) in [6.07, 6.45) is 1.69. The first-order valence-electron chi connectivity index (χ1n) is 6.90. The van der Waals surface area contributed by atoms with Gasteiger partial charge in [0.25, 0.3) is 0 Å². The molecule has 0 aliphatic heterocycles. The maximum atomic E-state index is 13.5. The number of urea groups is 1. The van der Waals surface area contributed by atoms with Crippen molar-refractivity contribution < 1.29 is 19.1 Å². The summed E-state index contributed by atoms with van der Waals surface area (Å²) in [5.74, 6) is -1.26. The summed E-state index contributed by atoms with van der Waals surface area (Å²) >= 11 is 0. The predicted molar refractivity (Wildman–Crippen MR) is 75.5 cm³/mol. The van der Waals surface area contributed by atoms with E-state index in [1.807, 2.05) is 0 Å². The van der Waals surface area contributed by atoms with E-state index in [1.165, 1.54) is 4.90 Å². The summed E-state index contributed by atoms with van der Waals surface area (Å²) in [6.45, 7) is 3.31. The molecule has 0 bridgehead atoms. The van der Waals surface area contributed by atoms with Crippen LogP contribution in [-0.2, 0) is 11.3 Å². The smallest absolute Gasteiger partial charge is 0.323 e. The van der Waals surface area contributed by atoms with E-state index in [0.717, 1.165) is 18.4 Å². The topological polar surface area (TPSA) is 69.6 Å².